The second kappa shape index (κ2) is 5.02. The molecule has 104 valence electrons. The minimum Gasteiger partial charge on any atom is -0.364 e. The van der Waals surface area contributed by atoms with Gasteiger partial charge in [-0.05, 0) is 0 Å². The van der Waals surface area contributed by atoms with Crippen LogP contribution in [0.3, 0.4) is 0 Å². The smallest absolute Gasteiger partial charge is 0.278 e. The first-order valence-corrected chi connectivity index (χ1v) is 6.86. The lowest BCUT2D eigenvalue weighted by molar-refractivity contribution is 0.0991. The van der Waals surface area contributed by atoms with E-state index in [2.05, 4.69) is 25.8 Å². The summed E-state index contributed by atoms with van der Waals surface area (Å²) in [5, 5.41) is 14.6. The predicted molar refractivity (Wildman–Crippen MR) is 72.6 cm³/mol. The van der Waals surface area contributed by atoms with Gasteiger partial charge in [-0.25, -0.2) is 4.98 Å². The van der Waals surface area contributed by atoms with E-state index in [0.717, 1.165) is 35.6 Å². The van der Waals surface area contributed by atoms with Crippen LogP contribution in [0.4, 0.5) is 5.13 Å². The molecule has 0 saturated carbocycles. The molecule has 0 radical (unpaired) electrons. The number of aromatic nitrogens is 3. The van der Waals surface area contributed by atoms with Gasteiger partial charge >= 0.3 is 0 Å². The Morgan fingerprint density at radius 3 is 3.05 bits per heavy atom. The predicted octanol–water partition coefficient (Wildman–Crippen LogP) is -0.137. The lowest BCUT2D eigenvalue weighted by Crippen LogP contribution is -2.25. The van der Waals surface area contributed by atoms with Crippen molar-refractivity contribution < 1.29 is 9.59 Å². The number of rotatable bonds is 3. The number of hydrogen-bond acceptors (Lipinski definition) is 6. The number of nitrogens with zero attached hydrogens (tertiary/aromatic N) is 2. The summed E-state index contributed by atoms with van der Waals surface area (Å²) in [6.07, 6.45) is 0.818. The number of nitrogens with two attached hydrogens (primary N) is 1. The van der Waals surface area contributed by atoms with Crippen molar-refractivity contribution in [1.29, 1.82) is 0 Å². The van der Waals surface area contributed by atoms with Gasteiger partial charge in [0.1, 0.15) is 5.69 Å². The van der Waals surface area contributed by atoms with Gasteiger partial charge in [-0.15, -0.1) is 11.3 Å². The van der Waals surface area contributed by atoms with Gasteiger partial charge in [0.15, 0.2) is 10.8 Å². The first kappa shape index (κ1) is 12.8. The van der Waals surface area contributed by atoms with Crippen LogP contribution >= 0.6 is 11.3 Å². The molecule has 8 nitrogen and oxygen atoms in total. The number of nitrogens with one attached hydrogen (secondary N) is 3. The monoisotopic (exact) mass is 292 g/mol. The summed E-state index contributed by atoms with van der Waals surface area (Å²) in [5.41, 5.74) is 7.45. The van der Waals surface area contributed by atoms with Gasteiger partial charge in [-0.3, -0.25) is 20.0 Å². The van der Waals surface area contributed by atoms with Crippen molar-refractivity contribution in [2.24, 2.45) is 5.73 Å². The zero-order valence-corrected chi connectivity index (χ0v) is 11.2. The van der Waals surface area contributed by atoms with Crippen LogP contribution in [-0.4, -0.2) is 33.5 Å². The van der Waals surface area contributed by atoms with E-state index in [-0.39, 0.29) is 11.6 Å². The molecule has 2 amide bonds. The Morgan fingerprint density at radius 1 is 1.45 bits per heavy atom. The lowest BCUT2D eigenvalue weighted by Gasteiger charge is -2.12. The van der Waals surface area contributed by atoms with E-state index in [0.29, 0.717) is 17.4 Å². The number of thiazole rings is 1. The first-order valence-electron chi connectivity index (χ1n) is 5.98. The Labute approximate surface area is 117 Å². The average Bonchev–Trinajstić information content (AvgIpc) is 3.04. The van der Waals surface area contributed by atoms with Crippen molar-refractivity contribution in [2.45, 2.75) is 13.0 Å². The second-order valence-corrected chi connectivity index (χ2v) is 5.17. The van der Waals surface area contributed by atoms with Crippen molar-refractivity contribution >= 4 is 28.3 Å². The van der Waals surface area contributed by atoms with E-state index in [4.69, 9.17) is 5.73 Å². The molecule has 3 rings (SSSR count). The fourth-order valence-corrected chi connectivity index (χ4v) is 2.71. The number of amides is 2. The van der Waals surface area contributed by atoms with Crippen LogP contribution in [0, 0.1) is 0 Å². The van der Waals surface area contributed by atoms with E-state index in [1.54, 1.807) is 0 Å². The molecule has 1 aliphatic heterocycles. The Kier molecular flexibility index (Phi) is 3.20. The molecule has 0 fully saturated rings. The highest BCUT2D eigenvalue weighted by atomic mass is 32.1. The highest BCUT2D eigenvalue weighted by molar-refractivity contribution is 7.14. The third kappa shape index (κ3) is 2.28. The molecule has 20 heavy (non-hydrogen) atoms. The SMILES string of the molecule is NC(=O)c1csc(NC(=O)c2n[nH]c3c2CNCC3)n1. The lowest BCUT2D eigenvalue weighted by atomic mass is 10.1. The standard InChI is InChI=1S/C11H12N6O2S/c12-9(18)7-4-20-11(14-7)15-10(19)8-5-3-13-2-1-6(5)16-17-8/h4,13H,1-3H2,(H2,12,18)(H,16,17)(H,14,15,19). The summed E-state index contributed by atoms with van der Waals surface area (Å²) in [7, 11) is 0. The van der Waals surface area contributed by atoms with Gasteiger partial charge in [0.05, 0.1) is 0 Å². The van der Waals surface area contributed by atoms with Crippen LogP contribution in [-0.2, 0) is 13.0 Å². The van der Waals surface area contributed by atoms with Gasteiger partial charge in [0.2, 0.25) is 0 Å². The van der Waals surface area contributed by atoms with Crippen LogP contribution in [0.25, 0.3) is 0 Å². The van der Waals surface area contributed by atoms with Crippen molar-refractivity contribution in [2.75, 3.05) is 11.9 Å². The molecule has 0 atom stereocenters. The molecule has 0 bridgehead atoms. The molecule has 0 aliphatic carbocycles. The third-order valence-corrected chi connectivity index (χ3v) is 3.76. The molecule has 9 heteroatoms. The maximum Gasteiger partial charge on any atom is 0.278 e. The number of aromatic amines is 1. The minimum atomic E-state index is -0.622. The van der Waals surface area contributed by atoms with E-state index in [1.807, 2.05) is 0 Å². The number of carbonyl (C=O) groups is 2. The highest BCUT2D eigenvalue weighted by Gasteiger charge is 2.22. The number of carbonyl (C=O) groups excluding carboxylic acids is 2. The number of primary amides is 1. The second-order valence-electron chi connectivity index (χ2n) is 4.31. The van der Waals surface area contributed by atoms with Crippen LogP contribution in [0.5, 0.6) is 0 Å². The number of H-pyrrole nitrogens is 1. The quantitative estimate of drug-likeness (QED) is 0.626. The van der Waals surface area contributed by atoms with Crippen molar-refractivity contribution in [3.05, 3.63) is 28.0 Å². The van der Waals surface area contributed by atoms with E-state index in [9.17, 15) is 9.59 Å². The molecule has 1 aliphatic rings. The molecule has 5 N–H and O–H groups in total. The zero-order valence-electron chi connectivity index (χ0n) is 10.4. The molecule has 0 aromatic carbocycles. The Morgan fingerprint density at radius 2 is 2.30 bits per heavy atom. The molecule has 2 aromatic heterocycles. The summed E-state index contributed by atoms with van der Waals surface area (Å²) in [5.74, 6) is -0.973. The molecular formula is C11H12N6O2S. The fraction of sp³-hybridized carbons (Fsp3) is 0.273. The summed E-state index contributed by atoms with van der Waals surface area (Å²) >= 11 is 1.14. The minimum absolute atomic E-state index is 0.135. The van der Waals surface area contributed by atoms with E-state index in [1.165, 1.54) is 5.38 Å². The molecule has 3 heterocycles. The summed E-state index contributed by atoms with van der Waals surface area (Å²) < 4.78 is 0. The van der Waals surface area contributed by atoms with Crippen molar-refractivity contribution in [1.82, 2.24) is 20.5 Å². The summed E-state index contributed by atoms with van der Waals surface area (Å²) in [4.78, 5) is 27.0. The van der Waals surface area contributed by atoms with Crippen molar-refractivity contribution in [3.63, 3.8) is 0 Å². The van der Waals surface area contributed by atoms with Gasteiger partial charge in [0, 0.05) is 36.1 Å². The van der Waals surface area contributed by atoms with Crippen molar-refractivity contribution in [3.8, 4) is 0 Å². The molecule has 0 spiro atoms. The Bertz CT molecular complexity index is 676. The Hall–Kier alpha value is -2.26. The maximum absolute atomic E-state index is 12.2. The van der Waals surface area contributed by atoms with Gasteiger partial charge in [-0.2, -0.15) is 5.10 Å². The summed E-state index contributed by atoms with van der Waals surface area (Å²) in [6, 6.07) is 0. The number of fused-ring (bicyclic) bond motifs is 1. The molecule has 0 unspecified atom stereocenters. The van der Waals surface area contributed by atoms with Gasteiger partial charge < -0.3 is 11.1 Å². The summed E-state index contributed by atoms with van der Waals surface area (Å²) in [6.45, 7) is 1.48. The number of hydrogen-bond donors (Lipinski definition) is 4. The molecule has 2 aromatic rings. The van der Waals surface area contributed by atoms with Crippen LogP contribution < -0.4 is 16.4 Å². The zero-order chi connectivity index (χ0) is 14.1. The largest absolute Gasteiger partial charge is 0.364 e. The first-order chi connectivity index (χ1) is 9.65. The van der Waals surface area contributed by atoms with Gasteiger partial charge in [0.25, 0.3) is 11.8 Å². The maximum atomic E-state index is 12.2. The Balaban J connectivity index is 1.79. The average molecular weight is 292 g/mol. The third-order valence-electron chi connectivity index (χ3n) is 3.00. The fourth-order valence-electron chi connectivity index (χ4n) is 2.01. The molecule has 0 saturated heterocycles. The van der Waals surface area contributed by atoms with Crippen LogP contribution in [0.2, 0.25) is 0 Å². The van der Waals surface area contributed by atoms with E-state index < -0.39 is 5.91 Å². The number of anilines is 1. The highest BCUT2D eigenvalue weighted by Crippen LogP contribution is 2.19. The van der Waals surface area contributed by atoms with E-state index >= 15 is 0 Å². The topological polar surface area (TPSA) is 126 Å². The van der Waals surface area contributed by atoms with Crippen LogP contribution in [0.1, 0.15) is 32.2 Å². The van der Waals surface area contributed by atoms with Gasteiger partial charge in [-0.1, -0.05) is 0 Å². The molecular weight excluding hydrogens is 280 g/mol. The van der Waals surface area contributed by atoms with Crippen LogP contribution in [0.15, 0.2) is 5.38 Å². The normalized spacial score (nSPS) is 13.8.